The average Bonchev–Trinajstić information content (AvgIpc) is 2.95. The van der Waals surface area contributed by atoms with Gasteiger partial charge in [-0.25, -0.2) is 0 Å². The lowest BCUT2D eigenvalue weighted by Crippen LogP contribution is -2.13. The van der Waals surface area contributed by atoms with Gasteiger partial charge in [-0.05, 0) is 61.1 Å². The molecule has 0 saturated heterocycles. The molecular formula is C21H25N3O2. The Morgan fingerprint density at radius 1 is 1.04 bits per heavy atom. The smallest absolute Gasteiger partial charge is 0.127 e. The number of hydrogen-bond acceptors (Lipinski definition) is 4. The van der Waals surface area contributed by atoms with Crippen LogP contribution in [0.1, 0.15) is 49.9 Å². The van der Waals surface area contributed by atoms with Crippen molar-refractivity contribution in [1.29, 1.82) is 0 Å². The Labute approximate surface area is 153 Å². The molecule has 5 heteroatoms. The van der Waals surface area contributed by atoms with Crippen LogP contribution in [0.5, 0.6) is 5.75 Å². The molecule has 5 nitrogen and oxygen atoms in total. The van der Waals surface area contributed by atoms with Crippen molar-refractivity contribution < 1.29 is 9.94 Å². The minimum Gasteiger partial charge on any atom is -0.507 e. The number of aromatic nitrogens is 3. The normalized spacial score (nSPS) is 12.6. The second-order valence-corrected chi connectivity index (χ2v) is 7.81. The summed E-state index contributed by atoms with van der Waals surface area (Å²) in [5.74, 6) is 0.287. The van der Waals surface area contributed by atoms with Gasteiger partial charge in [-0.1, -0.05) is 32.9 Å². The molecule has 1 N–H and O–H groups in total. The fourth-order valence-electron chi connectivity index (χ4n) is 2.89. The number of phenolic OH excluding ortho intramolecular Hbond substituents is 1. The molecule has 1 aromatic heterocycles. The molecule has 2 aromatic carbocycles. The molecule has 26 heavy (non-hydrogen) atoms. The Kier molecular flexibility index (Phi) is 4.48. The van der Waals surface area contributed by atoms with E-state index in [9.17, 15) is 5.11 Å². The van der Waals surface area contributed by atoms with Crippen molar-refractivity contribution in [3.05, 3.63) is 58.8 Å². The van der Waals surface area contributed by atoms with E-state index in [1.165, 1.54) is 4.96 Å². The van der Waals surface area contributed by atoms with Gasteiger partial charge in [-0.3, -0.25) is 0 Å². The summed E-state index contributed by atoms with van der Waals surface area (Å²) in [6, 6.07) is 9.84. The first-order valence-corrected chi connectivity index (χ1v) is 8.67. The summed E-state index contributed by atoms with van der Waals surface area (Å²) >= 11 is 0. The zero-order chi connectivity index (χ0) is 19.1. The van der Waals surface area contributed by atoms with Crippen molar-refractivity contribution in [2.24, 2.45) is 0 Å². The molecule has 0 fully saturated rings. The van der Waals surface area contributed by atoms with Crippen molar-refractivity contribution in [3.63, 3.8) is 0 Å². The van der Waals surface area contributed by atoms with Crippen LogP contribution in [0, 0.1) is 13.8 Å². The summed E-state index contributed by atoms with van der Waals surface area (Å²) in [6.07, 6.45) is 1.56. The number of aromatic hydroxyl groups is 1. The van der Waals surface area contributed by atoms with E-state index in [0.29, 0.717) is 0 Å². The number of fused-ring (bicyclic) bond motifs is 1. The van der Waals surface area contributed by atoms with Crippen LogP contribution in [0.15, 0.2) is 36.6 Å². The number of phenols is 1. The minimum atomic E-state index is -0.148. The highest BCUT2D eigenvalue weighted by Gasteiger charge is 2.21. The van der Waals surface area contributed by atoms with Crippen LogP contribution in [0.3, 0.4) is 0 Å². The van der Waals surface area contributed by atoms with Gasteiger partial charge in [0.1, 0.15) is 23.0 Å². The van der Waals surface area contributed by atoms with Gasteiger partial charge in [0.15, 0.2) is 0 Å². The van der Waals surface area contributed by atoms with Crippen molar-refractivity contribution in [2.45, 2.75) is 47.0 Å². The van der Waals surface area contributed by atoms with Crippen molar-refractivity contribution in [1.82, 2.24) is 15.2 Å². The van der Waals surface area contributed by atoms with Gasteiger partial charge in [-0.15, -0.1) is 10.2 Å². The van der Waals surface area contributed by atoms with E-state index < -0.39 is 0 Å². The van der Waals surface area contributed by atoms with Crippen LogP contribution in [0.2, 0.25) is 0 Å². The molecule has 0 amide bonds. The molecule has 0 aliphatic heterocycles. The van der Waals surface area contributed by atoms with Crippen molar-refractivity contribution in [2.75, 3.05) is 0 Å². The SMILES string of the molecule is CC(=COn1nc2ccc(C)cc2n1)c1cc(C)cc(C(C)(C)C)c1O. The summed E-state index contributed by atoms with van der Waals surface area (Å²) in [4.78, 5) is 6.79. The number of aryl methyl sites for hydroxylation is 2. The maximum absolute atomic E-state index is 10.7. The van der Waals surface area contributed by atoms with Crippen molar-refractivity contribution >= 4 is 16.6 Å². The van der Waals surface area contributed by atoms with Gasteiger partial charge in [0.2, 0.25) is 0 Å². The molecule has 3 rings (SSSR count). The number of rotatable bonds is 3. The second-order valence-electron chi connectivity index (χ2n) is 7.81. The van der Waals surface area contributed by atoms with Crippen LogP contribution in [-0.4, -0.2) is 20.3 Å². The number of nitrogens with zero attached hydrogens (tertiary/aromatic N) is 3. The van der Waals surface area contributed by atoms with E-state index in [2.05, 4.69) is 31.0 Å². The Morgan fingerprint density at radius 3 is 2.42 bits per heavy atom. The van der Waals surface area contributed by atoms with E-state index >= 15 is 0 Å². The highest BCUT2D eigenvalue weighted by Crippen LogP contribution is 2.37. The Morgan fingerprint density at radius 2 is 1.73 bits per heavy atom. The fraction of sp³-hybridized carbons (Fsp3) is 0.333. The summed E-state index contributed by atoms with van der Waals surface area (Å²) < 4.78 is 0. The molecule has 0 spiro atoms. The highest BCUT2D eigenvalue weighted by molar-refractivity contribution is 5.74. The highest BCUT2D eigenvalue weighted by atomic mass is 16.7. The minimum absolute atomic E-state index is 0.148. The predicted molar refractivity (Wildman–Crippen MR) is 104 cm³/mol. The third-order valence-electron chi connectivity index (χ3n) is 4.33. The Balaban J connectivity index is 1.93. The molecule has 1 heterocycles. The largest absolute Gasteiger partial charge is 0.507 e. The first-order valence-electron chi connectivity index (χ1n) is 8.67. The summed E-state index contributed by atoms with van der Waals surface area (Å²) in [7, 11) is 0. The molecule has 3 aromatic rings. The molecule has 0 aliphatic carbocycles. The molecule has 0 bridgehead atoms. The van der Waals surface area contributed by atoms with Gasteiger partial charge >= 0.3 is 0 Å². The maximum atomic E-state index is 10.7. The van der Waals surface area contributed by atoms with E-state index in [0.717, 1.165) is 38.9 Å². The van der Waals surface area contributed by atoms with Crippen molar-refractivity contribution in [3.8, 4) is 5.75 Å². The number of hydrogen-bond donors (Lipinski definition) is 1. The molecule has 0 saturated carbocycles. The molecule has 0 aliphatic rings. The lowest BCUT2D eigenvalue weighted by atomic mass is 9.83. The van der Waals surface area contributed by atoms with E-state index in [4.69, 9.17) is 4.84 Å². The summed E-state index contributed by atoms with van der Waals surface area (Å²) in [6.45, 7) is 12.2. The summed E-state index contributed by atoms with van der Waals surface area (Å²) in [5.41, 5.74) is 6.09. The van der Waals surface area contributed by atoms with Crippen LogP contribution >= 0.6 is 0 Å². The lowest BCUT2D eigenvalue weighted by Gasteiger charge is -2.23. The molecule has 136 valence electrons. The van der Waals surface area contributed by atoms with Gasteiger partial charge in [0.25, 0.3) is 0 Å². The van der Waals surface area contributed by atoms with E-state index in [1.54, 1.807) is 6.26 Å². The predicted octanol–water partition coefficient (Wildman–Crippen LogP) is 4.54. The van der Waals surface area contributed by atoms with Crippen LogP contribution in [0.4, 0.5) is 0 Å². The fourth-order valence-corrected chi connectivity index (χ4v) is 2.89. The van der Waals surface area contributed by atoms with Crippen LogP contribution < -0.4 is 4.84 Å². The molecular weight excluding hydrogens is 326 g/mol. The first kappa shape index (κ1) is 18.0. The van der Waals surface area contributed by atoms with Crippen LogP contribution in [0.25, 0.3) is 16.6 Å². The monoisotopic (exact) mass is 351 g/mol. The van der Waals surface area contributed by atoms with Gasteiger partial charge in [0.05, 0.1) is 0 Å². The maximum Gasteiger partial charge on any atom is 0.127 e. The first-order chi connectivity index (χ1) is 12.1. The number of allylic oxidation sites excluding steroid dienone is 1. The van der Waals surface area contributed by atoms with Gasteiger partial charge < -0.3 is 9.94 Å². The quantitative estimate of drug-likeness (QED) is 0.704. The Hall–Kier alpha value is -2.82. The number of benzene rings is 2. The van der Waals surface area contributed by atoms with E-state index in [-0.39, 0.29) is 11.2 Å². The average molecular weight is 351 g/mol. The zero-order valence-electron chi connectivity index (χ0n) is 16.2. The standard InChI is InChI=1S/C21H25N3O2/c1-13-7-8-18-19(11-13)23-24(22-18)26-12-15(3)16-9-14(2)10-17(20(16)25)21(4,5)6/h7-12,25H,1-6H3. The second kappa shape index (κ2) is 6.48. The molecule has 0 atom stereocenters. The molecule has 0 radical (unpaired) electrons. The van der Waals surface area contributed by atoms with Crippen LogP contribution in [-0.2, 0) is 5.41 Å². The van der Waals surface area contributed by atoms with Gasteiger partial charge in [-0.2, -0.15) is 0 Å². The molecule has 0 unspecified atom stereocenters. The van der Waals surface area contributed by atoms with Gasteiger partial charge in [0, 0.05) is 16.1 Å². The topological polar surface area (TPSA) is 60.2 Å². The summed E-state index contributed by atoms with van der Waals surface area (Å²) in [5, 5.41) is 19.3. The third-order valence-corrected chi connectivity index (χ3v) is 4.33. The van der Waals surface area contributed by atoms with E-state index in [1.807, 2.05) is 51.1 Å². The zero-order valence-corrected chi connectivity index (χ0v) is 16.2. The lowest BCUT2D eigenvalue weighted by molar-refractivity contribution is 0.142. The third kappa shape index (κ3) is 3.57. The Bertz CT molecular complexity index is 994.